The molecule has 1 aromatic heterocycles. The minimum absolute atomic E-state index is 0.112. The van der Waals surface area contributed by atoms with E-state index in [1.54, 1.807) is 24.1 Å². The van der Waals surface area contributed by atoms with Crippen molar-refractivity contribution in [3.63, 3.8) is 0 Å². The molecule has 6 nitrogen and oxygen atoms in total. The Hall–Kier alpha value is -0.640. The van der Waals surface area contributed by atoms with Gasteiger partial charge < -0.3 is 9.64 Å². The number of sulfonamides is 1. The number of ether oxygens (including phenoxy) is 1. The standard InChI is InChI=1S/C15H23BrN2O4S2/c1-15(2,3)22-14(19)18-8-7-11(10-18)9-17(4)24(20,21)13-6-5-12(16)23-13/h5-6,11H,7-10H2,1-4H3. The van der Waals surface area contributed by atoms with Gasteiger partial charge in [-0.3, -0.25) is 0 Å². The first-order valence-electron chi connectivity index (χ1n) is 7.68. The molecule has 1 fully saturated rings. The van der Waals surface area contributed by atoms with E-state index in [0.717, 1.165) is 10.2 Å². The smallest absolute Gasteiger partial charge is 0.410 e. The Bertz CT molecular complexity index is 697. The fraction of sp³-hybridized carbons (Fsp3) is 0.667. The molecule has 1 amide bonds. The average molecular weight is 439 g/mol. The van der Waals surface area contributed by atoms with Gasteiger partial charge in [0.25, 0.3) is 10.0 Å². The molecule has 1 aliphatic rings. The molecular formula is C15H23BrN2O4S2. The van der Waals surface area contributed by atoms with E-state index in [2.05, 4.69) is 15.9 Å². The summed E-state index contributed by atoms with van der Waals surface area (Å²) in [6, 6.07) is 3.33. The van der Waals surface area contributed by atoms with Gasteiger partial charge in [-0.1, -0.05) is 0 Å². The van der Waals surface area contributed by atoms with E-state index in [0.29, 0.717) is 23.8 Å². The van der Waals surface area contributed by atoms with Crippen molar-refractivity contribution in [3.05, 3.63) is 15.9 Å². The second-order valence-electron chi connectivity index (χ2n) is 6.93. The van der Waals surface area contributed by atoms with Crippen molar-refractivity contribution in [1.29, 1.82) is 0 Å². The molecule has 0 radical (unpaired) electrons. The number of carbonyl (C=O) groups excluding carboxylic acids is 1. The SMILES string of the molecule is CN(CC1CCN(C(=O)OC(C)(C)C)C1)S(=O)(=O)c1ccc(Br)s1. The van der Waals surface area contributed by atoms with Crippen molar-refractivity contribution in [2.75, 3.05) is 26.7 Å². The van der Waals surface area contributed by atoms with Crippen LogP contribution in [-0.2, 0) is 14.8 Å². The van der Waals surface area contributed by atoms with Gasteiger partial charge in [0.05, 0.1) is 3.79 Å². The molecule has 1 saturated heterocycles. The lowest BCUT2D eigenvalue weighted by molar-refractivity contribution is 0.0287. The summed E-state index contributed by atoms with van der Waals surface area (Å²) in [5.74, 6) is 0.112. The van der Waals surface area contributed by atoms with Gasteiger partial charge in [-0.2, -0.15) is 4.31 Å². The van der Waals surface area contributed by atoms with Crippen LogP contribution in [0.25, 0.3) is 0 Å². The molecule has 0 saturated carbocycles. The summed E-state index contributed by atoms with van der Waals surface area (Å²) >= 11 is 4.48. The normalized spacial score (nSPS) is 19.1. The highest BCUT2D eigenvalue weighted by atomic mass is 79.9. The van der Waals surface area contributed by atoms with Crippen molar-refractivity contribution in [3.8, 4) is 0 Å². The second kappa shape index (κ2) is 7.31. The lowest BCUT2D eigenvalue weighted by Gasteiger charge is -2.25. The van der Waals surface area contributed by atoms with Gasteiger partial charge in [0, 0.05) is 26.7 Å². The van der Waals surface area contributed by atoms with Gasteiger partial charge in [0.15, 0.2) is 0 Å². The van der Waals surface area contributed by atoms with Gasteiger partial charge in [-0.25, -0.2) is 13.2 Å². The molecule has 1 aromatic rings. The van der Waals surface area contributed by atoms with Crippen molar-refractivity contribution in [2.45, 2.75) is 37.0 Å². The molecule has 2 rings (SSSR count). The number of hydrogen-bond donors (Lipinski definition) is 0. The van der Waals surface area contributed by atoms with Crippen LogP contribution >= 0.6 is 27.3 Å². The number of nitrogens with zero attached hydrogens (tertiary/aromatic N) is 2. The van der Waals surface area contributed by atoms with E-state index >= 15 is 0 Å². The van der Waals surface area contributed by atoms with E-state index in [-0.39, 0.29) is 12.0 Å². The summed E-state index contributed by atoms with van der Waals surface area (Å²) in [5, 5.41) is 0. The lowest BCUT2D eigenvalue weighted by Crippen LogP contribution is -2.37. The molecule has 0 bridgehead atoms. The van der Waals surface area contributed by atoms with E-state index in [1.165, 1.54) is 15.6 Å². The van der Waals surface area contributed by atoms with Gasteiger partial charge in [-0.15, -0.1) is 11.3 Å². The molecule has 0 aliphatic carbocycles. The van der Waals surface area contributed by atoms with Crippen molar-refractivity contribution >= 4 is 43.4 Å². The van der Waals surface area contributed by atoms with Crippen LogP contribution in [0, 0.1) is 5.92 Å². The van der Waals surface area contributed by atoms with Gasteiger partial charge in [0.1, 0.15) is 9.81 Å². The fourth-order valence-corrected chi connectivity index (χ4v) is 5.99. The third-order valence-electron chi connectivity index (χ3n) is 3.67. The summed E-state index contributed by atoms with van der Waals surface area (Å²) in [4.78, 5) is 13.7. The average Bonchev–Trinajstić information content (AvgIpc) is 3.06. The van der Waals surface area contributed by atoms with Crippen molar-refractivity contribution < 1.29 is 17.9 Å². The molecule has 1 aliphatic heterocycles. The zero-order valence-electron chi connectivity index (χ0n) is 14.3. The molecule has 1 unspecified atom stereocenters. The zero-order chi connectivity index (χ0) is 18.1. The summed E-state index contributed by atoms with van der Waals surface area (Å²) in [7, 11) is -1.90. The molecular weight excluding hydrogens is 416 g/mol. The molecule has 0 N–H and O–H groups in total. The van der Waals surface area contributed by atoms with Gasteiger partial charge >= 0.3 is 6.09 Å². The molecule has 1 atom stereocenters. The number of halogens is 1. The minimum atomic E-state index is -3.49. The maximum atomic E-state index is 12.5. The summed E-state index contributed by atoms with van der Waals surface area (Å²) in [5.41, 5.74) is -0.526. The maximum absolute atomic E-state index is 12.5. The monoisotopic (exact) mass is 438 g/mol. The maximum Gasteiger partial charge on any atom is 0.410 e. The third kappa shape index (κ3) is 4.93. The molecule has 0 spiro atoms. The Morgan fingerprint density at radius 2 is 2.12 bits per heavy atom. The van der Waals surface area contributed by atoms with Gasteiger partial charge in [0.2, 0.25) is 0 Å². The van der Waals surface area contributed by atoms with Crippen LogP contribution in [0.3, 0.4) is 0 Å². The zero-order valence-corrected chi connectivity index (χ0v) is 17.5. The highest BCUT2D eigenvalue weighted by molar-refractivity contribution is 9.11. The van der Waals surface area contributed by atoms with E-state index < -0.39 is 15.6 Å². The predicted octanol–water partition coefficient (Wildman–Crippen LogP) is 3.39. The van der Waals surface area contributed by atoms with Crippen LogP contribution in [0.1, 0.15) is 27.2 Å². The van der Waals surface area contributed by atoms with Crippen LogP contribution < -0.4 is 0 Å². The Labute approximate surface area is 156 Å². The van der Waals surface area contributed by atoms with Crippen LogP contribution in [0.4, 0.5) is 4.79 Å². The van der Waals surface area contributed by atoms with Crippen molar-refractivity contribution in [2.24, 2.45) is 5.92 Å². The number of amides is 1. The second-order valence-corrected chi connectivity index (χ2v) is 11.7. The van der Waals surface area contributed by atoms with Crippen LogP contribution in [-0.4, -0.2) is 56.0 Å². The first kappa shape index (κ1) is 19.7. The Kier molecular flexibility index (Phi) is 5.99. The minimum Gasteiger partial charge on any atom is -0.444 e. The Balaban J connectivity index is 1.94. The molecule has 0 aromatic carbocycles. The first-order chi connectivity index (χ1) is 11.0. The predicted molar refractivity (Wildman–Crippen MR) is 97.7 cm³/mol. The topological polar surface area (TPSA) is 66.9 Å². The molecule has 136 valence electrons. The number of carbonyl (C=O) groups is 1. The highest BCUT2D eigenvalue weighted by Gasteiger charge is 2.32. The summed E-state index contributed by atoms with van der Waals surface area (Å²) in [6.07, 6.45) is 0.436. The fourth-order valence-electron chi connectivity index (χ4n) is 2.53. The van der Waals surface area contributed by atoms with E-state index in [4.69, 9.17) is 4.74 Å². The summed E-state index contributed by atoms with van der Waals surface area (Å²) < 4.78 is 32.9. The molecule has 9 heteroatoms. The Morgan fingerprint density at radius 3 is 2.67 bits per heavy atom. The molecule has 24 heavy (non-hydrogen) atoms. The molecule has 2 heterocycles. The van der Waals surface area contributed by atoms with E-state index in [9.17, 15) is 13.2 Å². The largest absolute Gasteiger partial charge is 0.444 e. The van der Waals surface area contributed by atoms with Gasteiger partial charge in [-0.05, 0) is 61.2 Å². The van der Waals surface area contributed by atoms with Crippen LogP contribution in [0.15, 0.2) is 20.1 Å². The number of rotatable bonds is 4. The Morgan fingerprint density at radius 1 is 1.46 bits per heavy atom. The number of likely N-dealkylation sites (tertiary alicyclic amines) is 1. The third-order valence-corrected chi connectivity index (χ3v) is 7.58. The summed E-state index contributed by atoms with van der Waals surface area (Å²) in [6.45, 7) is 6.99. The van der Waals surface area contributed by atoms with E-state index in [1.807, 2.05) is 20.8 Å². The van der Waals surface area contributed by atoms with Crippen molar-refractivity contribution in [1.82, 2.24) is 9.21 Å². The highest BCUT2D eigenvalue weighted by Crippen LogP contribution is 2.29. The lowest BCUT2D eigenvalue weighted by atomic mass is 10.1. The quantitative estimate of drug-likeness (QED) is 0.722. The van der Waals surface area contributed by atoms with Crippen LogP contribution in [0.5, 0.6) is 0 Å². The number of hydrogen-bond acceptors (Lipinski definition) is 5. The first-order valence-corrected chi connectivity index (χ1v) is 10.7. The number of thiophene rings is 1. The van der Waals surface area contributed by atoms with Crippen LogP contribution in [0.2, 0.25) is 0 Å².